The van der Waals surface area contributed by atoms with E-state index in [1.807, 2.05) is 12.1 Å². The predicted octanol–water partition coefficient (Wildman–Crippen LogP) is 4.61. The van der Waals surface area contributed by atoms with Crippen LogP contribution in [0.3, 0.4) is 0 Å². The number of benzene rings is 2. The third-order valence-electron chi connectivity index (χ3n) is 5.55. The number of nitrogens with one attached hydrogen (secondary N) is 3. The van der Waals surface area contributed by atoms with Crippen molar-refractivity contribution in [2.24, 2.45) is 0 Å². The van der Waals surface area contributed by atoms with Gasteiger partial charge in [-0.3, -0.25) is 5.10 Å². The average Bonchev–Trinajstić information content (AvgIpc) is 3.56. The Morgan fingerprint density at radius 3 is 2.62 bits per heavy atom. The van der Waals surface area contributed by atoms with Gasteiger partial charge in [-0.2, -0.15) is 5.10 Å². The summed E-state index contributed by atoms with van der Waals surface area (Å²) >= 11 is 0. The van der Waals surface area contributed by atoms with E-state index in [-0.39, 0.29) is 12.4 Å². The van der Waals surface area contributed by atoms with Gasteiger partial charge in [0.25, 0.3) is 0 Å². The normalized spacial score (nSPS) is 11.8. The first kappa shape index (κ1) is 26.5. The molecule has 0 aliphatic carbocycles. The van der Waals surface area contributed by atoms with Crippen molar-refractivity contribution in [2.75, 3.05) is 31.6 Å². The SMILES string of the molecule is OCc1cc(CNCCCCOCCNc2cc(-c3cnoc3)cc3[nH]ncc23)cc(OC(F)(F)F)c1. The van der Waals surface area contributed by atoms with Gasteiger partial charge >= 0.3 is 6.36 Å². The van der Waals surface area contributed by atoms with Crippen LogP contribution in [0.4, 0.5) is 18.9 Å². The summed E-state index contributed by atoms with van der Waals surface area (Å²) in [5.41, 5.74) is 4.64. The van der Waals surface area contributed by atoms with Crippen LogP contribution in [0, 0.1) is 0 Å². The Morgan fingerprint density at radius 1 is 0.973 bits per heavy atom. The number of halogens is 3. The van der Waals surface area contributed by atoms with E-state index >= 15 is 0 Å². The van der Waals surface area contributed by atoms with Gasteiger partial charge < -0.3 is 29.7 Å². The first-order valence-corrected chi connectivity index (χ1v) is 11.8. The zero-order chi connectivity index (χ0) is 26.1. The van der Waals surface area contributed by atoms with Gasteiger partial charge in [0.05, 0.1) is 31.1 Å². The zero-order valence-corrected chi connectivity index (χ0v) is 20.0. The van der Waals surface area contributed by atoms with Crippen LogP contribution in [0.25, 0.3) is 22.0 Å². The highest BCUT2D eigenvalue weighted by Gasteiger charge is 2.31. The van der Waals surface area contributed by atoms with E-state index < -0.39 is 6.36 Å². The second-order valence-electron chi connectivity index (χ2n) is 8.38. The largest absolute Gasteiger partial charge is 0.573 e. The number of nitrogens with zero attached hydrogens (tertiary/aromatic N) is 2. The first-order valence-electron chi connectivity index (χ1n) is 11.8. The summed E-state index contributed by atoms with van der Waals surface area (Å²) in [6.45, 7) is 2.41. The molecule has 0 aliphatic rings. The fourth-order valence-corrected chi connectivity index (χ4v) is 3.87. The van der Waals surface area contributed by atoms with Gasteiger partial charge in [-0.1, -0.05) is 11.2 Å². The van der Waals surface area contributed by atoms with Gasteiger partial charge in [0.15, 0.2) is 0 Å². The molecule has 2 aromatic carbocycles. The van der Waals surface area contributed by atoms with Gasteiger partial charge in [-0.25, -0.2) is 0 Å². The second kappa shape index (κ2) is 12.6. The van der Waals surface area contributed by atoms with Crippen molar-refractivity contribution in [3.63, 3.8) is 0 Å². The van der Waals surface area contributed by atoms with Crippen molar-refractivity contribution in [1.29, 1.82) is 0 Å². The molecule has 4 N–H and O–H groups in total. The summed E-state index contributed by atoms with van der Waals surface area (Å²) in [6, 6.07) is 8.14. The van der Waals surface area contributed by atoms with Crippen LogP contribution in [0.1, 0.15) is 24.0 Å². The highest BCUT2D eigenvalue weighted by atomic mass is 19.4. The maximum Gasteiger partial charge on any atom is 0.573 e. The van der Waals surface area contributed by atoms with Crippen molar-refractivity contribution in [3.05, 3.63) is 60.1 Å². The fourth-order valence-electron chi connectivity index (χ4n) is 3.87. The molecule has 0 radical (unpaired) electrons. The highest BCUT2D eigenvalue weighted by molar-refractivity contribution is 5.95. The molecule has 198 valence electrons. The quantitative estimate of drug-likeness (QED) is 0.179. The number of aromatic nitrogens is 3. The number of hydrogen-bond donors (Lipinski definition) is 4. The second-order valence-corrected chi connectivity index (χ2v) is 8.38. The predicted molar refractivity (Wildman–Crippen MR) is 131 cm³/mol. The lowest BCUT2D eigenvalue weighted by atomic mass is 10.1. The van der Waals surface area contributed by atoms with Crippen molar-refractivity contribution >= 4 is 16.6 Å². The number of unbranched alkanes of at least 4 members (excludes halogenated alkanes) is 1. The maximum atomic E-state index is 12.5. The molecular weight excluding hydrogens is 491 g/mol. The van der Waals surface area contributed by atoms with Crippen LogP contribution >= 0.6 is 0 Å². The van der Waals surface area contributed by atoms with Gasteiger partial charge in [0, 0.05) is 36.3 Å². The first-order chi connectivity index (χ1) is 17.9. The number of aliphatic hydroxyl groups excluding tert-OH is 1. The standard InChI is InChI=1S/C25H28F3N5O4/c26-25(27,28)37-21-8-17(7-18(9-21)15-34)12-29-3-1-2-5-35-6-4-30-23-10-19(20-13-32-36-16-20)11-24-22(23)14-31-33-24/h7-11,13-14,16,29-30,34H,1-6,12,15H2,(H,31,33). The van der Waals surface area contributed by atoms with E-state index in [0.29, 0.717) is 44.0 Å². The molecule has 0 unspecified atom stereocenters. The molecule has 0 saturated carbocycles. The number of hydrogen-bond acceptors (Lipinski definition) is 8. The number of H-pyrrole nitrogens is 1. The number of rotatable bonds is 14. The summed E-state index contributed by atoms with van der Waals surface area (Å²) in [5, 5.41) is 27.7. The van der Waals surface area contributed by atoms with Crippen LogP contribution < -0.4 is 15.4 Å². The van der Waals surface area contributed by atoms with Crippen LogP contribution in [-0.4, -0.2) is 53.1 Å². The lowest BCUT2D eigenvalue weighted by Gasteiger charge is -2.12. The maximum absolute atomic E-state index is 12.5. The number of aromatic amines is 1. The Morgan fingerprint density at radius 2 is 1.84 bits per heavy atom. The monoisotopic (exact) mass is 519 g/mol. The Kier molecular flexibility index (Phi) is 8.99. The molecule has 4 rings (SSSR count). The summed E-state index contributed by atoms with van der Waals surface area (Å²) in [5.74, 6) is -0.337. The van der Waals surface area contributed by atoms with Crippen LogP contribution in [0.5, 0.6) is 5.75 Å². The van der Waals surface area contributed by atoms with Crippen molar-refractivity contribution < 1.29 is 32.3 Å². The highest BCUT2D eigenvalue weighted by Crippen LogP contribution is 2.30. The number of alkyl halides is 3. The van der Waals surface area contributed by atoms with E-state index in [1.165, 1.54) is 12.1 Å². The third kappa shape index (κ3) is 7.94. The summed E-state index contributed by atoms with van der Waals surface area (Å²) in [7, 11) is 0. The fraction of sp³-hybridized carbons (Fsp3) is 0.360. The number of aliphatic hydroxyl groups is 1. The average molecular weight is 520 g/mol. The smallest absolute Gasteiger partial charge is 0.406 e. The van der Waals surface area contributed by atoms with E-state index in [1.54, 1.807) is 24.7 Å². The Bertz CT molecular complexity index is 1260. The molecule has 0 saturated heterocycles. The lowest BCUT2D eigenvalue weighted by Crippen LogP contribution is -2.18. The van der Waals surface area contributed by atoms with Gasteiger partial charge in [-0.15, -0.1) is 13.2 Å². The lowest BCUT2D eigenvalue weighted by molar-refractivity contribution is -0.274. The minimum absolute atomic E-state index is 0.337. The van der Waals surface area contributed by atoms with E-state index in [4.69, 9.17) is 9.26 Å². The Hall–Kier alpha value is -3.61. The molecule has 2 heterocycles. The minimum atomic E-state index is -4.78. The molecule has 0 fully saturated rings. The van der Waals surface area contributed by atoms with Crippen LogP contribution in [0.2, 0.25) is 0 Å². The third-order valence-corrected chi connectivity index (χ3v) is 5.55. The number of anilines is 1. The molecule has 0 bridgehead atoms. The molecule has 4 aromatic rings. The summed E-state index contributed by atoms with van der Waals surface area (Å²) in [6.07, 6.45) is 1.92. The topological polar surface area (TPSA) is 117 Å². The number of fused-ring (bicyclic) bond motifs is 1. The minimum Gasteiger partial charge on any atom is -0.406 e. The summed E-state index contributed by atoms with van der Waals surface area (Å²) < 4.78 is 52.1. The zero-order valence-electron chi connectivity index (χ0n) is 20.0. The number of ether oxygens (including phenoxy) is 2. The molecular formula is C25H28F3N5O4. The van der Waals surface area contributed by atoms with E-state index in [9.17, 15) is 18.3 Å². The Balaban J connectivity index is 1.13. The molecule has 9 nitrogen and oxygen atoms in total. The van der Waals surface area contributed by atoms with Gasteiger partial charge in [0.2, 0.25) is 0 Å². The Labute approximate surface area is 210 Å². The van der Waals surface area contributed by atoms with Crippen molar-refractivity contribution in [2.45, 2.75) is 32.4 Å². The van der Waals surface area contributed by atoms with E-state index in [2.05, 4.69) is 30.7 Å². The van der Waals surface area contributed by atoms with Crippen molar-refractivity contribution in [1.82, 2.24) is 20.7 Å². The van der Waals surface area contributed by atoms with Crippen molar-refractivity contribution in [3.8, 4) is 16.9 Å². The molecule has 0 spiro atoms. The molecule has 0 aliphatic heterocycles. The van der Waals surface area contributed by atoms with Gasteiger partial charge in [-0.05, 0) is 60.3 Å². The summed E-state index contributed by atoms with van der Waals surface area (Å²) in [4.78, 5) is 0. The van der Waals surface area contributed by atoms with Crippen LogP contribution in [0.15, 0.2) is 53.5 Å². The molecule has 37 heavy (non-hydrogen) atoms. The molecule has 2 aromatic heterocycles. The van der Waals surface area contributed by atoms with Gasteiger partial charge in [0.1, 0.15) is 12.0 Å². The van der Waals surface area contributed by atoms with Crippen LogP contribution in [-0.2, 0) is 17.9 Å². The molecule has 0 atom stereocenters. The molecule has 12 heteroatoms. The van der Waals surface area contributed by atoms with E-state index in [0.717, 1.165) is 40.6 Å². The molecule has 0 amide bonds.